The standard InChI is InChI=1S/C21H28BrN3O5/c1-5-29-19(26)17-11-18(22)24-25(17)16(12-23-20(27)30-21(2,3)4)14-28-13-15-9-7-6-8-10-15/h6-11,16H,5,12-14H2,1-4H3,(H,23,27). The smallest absolute Gasteiger partial charge is 0.407 e. The summed E-state index contributed by atoms with van der Waals surface area (Å²) in [6.45, 7) is 8.10. The fraction of sp³-hybridized carbons (Fsp3) is 0.476. The normalized spacial score (nSPS) is 12.3. The fourth-order valence-electron chi connectivity index (χ4n) is 2.62. The zero-order valence-corrected chi connectivity index (χ0v) is 19.3. The van der Waals surface area contributed by atoms with E-state index in [-0.39, 0.29) is 25.5 Å². The minimum Gasteiger partial charge on any atom is -0.461 e. The number of hydrogen-bond donors (Lipinski definition) is 1. The number of carbonyl (C=O) groups excluding carboxylic acids is 2. The zero-order chi connectivity index (χ0) is 22.1. The number of carbonyl (C=O) groups is 2. The van der Waals surface area contributed by atoms with Crippen LogP contribution in [-0.2, 0) is 20.8 Å². The predicted molar refractivity (Wildman–Crippen MR) is 115 cm³/mol. The number of aromatic nitrogens is 2. The van der Waals surface area contributed by atoms with E-state index in [0.717, 1.165) is 5.56 Å². The molecule has 0 fully saturated rings. The molecule has 164 valence electrons. The molecule has 8 nitrogen and oxygen atoms in total. The molecular weight excluding hydrogens is 454 g/mol. The van der Waals surface area contributed by atoms with E-state index in [4.69, 9.17) is 14.2 Å². The minimum atomic E-state index is -0.617. The SMILES string of the molecule is CCOC(=O)c1cc(Br)nn1C(CNC(=O)OC(C)(C)C)COCc1ccccc1. The van der Waals surface area contributed by atoms with E-state index in [9.17, 15) is 9.59 Å². The van der Waals surface area contributed by atoms with E-state index in [0.29, 0.717) is 11.2 Å². The van der Waals surface area contributed by atoms with Crippen LogP contribution in [0.15, 0.2) is 41.0 Å². The summed E-state index contributed by atoms with van der Waals surface area (Å²) in [7, 11) is 0. The third-order valence-corrected chi connectivity index (χ3v) is 4.23. The lowest BCUT2D eigenvalue weighted by molar-refractivity contribution is 0.0463. The summed E-state index contributed by atoms with van der Waals surface area (Å²) in [4.78, 5) is 24.5. The molecule has 2 aromatic rings. The minimum absolute atomic E-state index is 0.157. The third-order valence-electron chi connectivity index (χ3n) is 3.84. The van der Waals surface area contributed by atoms with Crippen molar-refractivity contribution in [3.63, 3.8) is 0 Å². The van der Waals surface area contributed by atoms with Crippen molar-refractivity contribution in [2.75, 3.05) is 19.8 Å². The summed E-state index contributed by atoms with van der Waals surface area (Å²) in [5.41, 5.74) is 0.667. The molecule has 0 aliphatic carbocycles. The maximum absolute atomic E-state index is 12.3. The molecule has 1 unspecified atom stereocenters. The van der Waals surface area contributed by atoms with Gasteiger partial charge in [0.2, 0.25) is 0 Å². The molecule has 1 heterocycles. The van der Waals surface area contributed by atoms with Crippen LogP contribution in [0.1, 0.15) is 49.8 Å². The Morgan fingerprint density at radius 1 is 1.23 bits per heavy atom. The number of nitrogens with one attached hydrogen (secondary N) is 1. The maximum Gasteiger partial charge on any atom is 0.407 e. The molecule has 0 saturated heterocycles. The number of alkyl carbamates (subject to hydrolysis) is 1. The van der Waals surface area contributed by atoms with E-state index in [2.05, 4.69) is 26.3 Å². The van der Waals surface area contributed by atoms with Crippen LogP contribution in [0.4, 0.5) is 4.79 Å². The number of ether oxygens (including phenoxy) is 3. The second kappa shape index (κ2) is 11.1. The van der Waals surface area contributed by atoms with Gasteiger partial charge in [-0.05, 0) is 49.2 Å². The fourth-order valence-corrected chi connectivity index (χ4v) is 3.01. The van der Waals surface area contributed by atoms with Crippen molar-refractivity contribution >= 4 is 28.0 Å². The van der Waals surface area contributed by atoms with Crippen LogP contribution >= 0.6 is 15.9 Å². The first-order valence-electron chi connectivity index (χ1n) is 9.70. The lowest BCUT2D eigenvalue weighted by Gasteiger charge is -2.23. The van der Waals surface area contributed by atoms with E-state index >= 15 is 0 Å². The van der Waals surface area contributed by atoms with E-state index in [1.54, 1.807) is 33.8 Å². The average molecular weight is 482 g/mol. The molecule has 2 rings (SSSR count). The highest BCUT2D eigenvalue weighted by molar-refractivity contribution is 9.10. The summed E-state index contributed by atoms with van der Waals surface area (Å²) in [5.74, 6) is -0.499. The topological polar surface area (TPSA) is 91.7 Å². The monoisotopic (exact) mass is 481 g/mol. The van der Waals surface area contributed by atoms with Gasteiger partial charge in [-0.25, -0.2) is 14.3 Å². The van der Waals surface area contributed by atoms with Gasteiger partial charge in [0.15, 0.2) is 0 Å². The lowest BCUT2D eigenvalue weighted by atomic mass is 10.2. The molecule has 0 aliphatic heterocycles. The molecule has 1 amide bonds. The van der Waals surface area contributed by atoms with Crippen LogP contribution in [0.2, 0.25) is 0 Å². The molecule has 9 heteroatoms. The largest absolute Gasteiger partial charge is 0.461 e. The average Bonchev–Trinajstić information content (AvgIpc) is 3.06. The molecule has 30 heavy (non-hydrogen) atoms. The molecule has 0 radical (unpaired) electrons. The highest BCUT2D eigenvalue weighted by Gasteiger charge is 2.24. The van der Waals surface area contributed by atoms with Gasteiger partial charge in [0, 0.05) is 12.6 Å². The van der Waals surface area contributed by atoms with Gasteiger partial charge in [0.25, 0.3) is 0 Å². The van der Waals surface area contributed by atoms with E-state index in [1.165, 1.54) is 4.68 Å². The van der Waals surface area contributed by atoms with Crippen molar-refractivity contribution in [2.45, 2.75) is 45.9 Å². The Bertz CT molecular complexity index is 833. The Morgan fingerprint density at radius 2 is 1.93 bits per heavy atom. The molecule has 1 aromatic heterocycles. The first kappa shape index (κ1) is 23.9. The van der Waals surface area contributed by atoms with Crippen molar-refractivity contribution in [3.8, 4) is 0 Å². The quantitative estimate of drug-likeness (QED) is 0.541. The maximum atomic E-state index is 12.3. The zero-order valence-electron chi connectivity index (χ0n) is 17.7. The van der Waals surface area contributed by atoms with Gasteiger partial charge in [-0.2, -0.15) is 5.10 Å². The molecule has 0 bridgehead atoms. The number of nitrogens with zero attached hydrogens (tertiary/aromatic N) is 2. The molecule has 0 spiro atoms. The Kier molecular flexibility index (Phi) is 8.86. The van der Waals surface area contributed by atoms with Crippen molar-refractivity contribution in [1.29, 1.82) is 0 Å². The highest BCUT2D eigenvalue weighted by atomic mass is 79.9. The van der Waals surface area contributed by atoms with Crippen molar-refractivity contribution in [2.24, 2.45) is 0 Å². The number of amides is 1. The van der Waals surface area contributed by atoms with Gasteiger partial charge in [-0.1, -0.05) is 30.3 Å². The first-order valence-corrected chi connectivity index (χ1v) is 10.5. The second-order valence-electron chi connectivity index (χ2n) is 7.55. The Balaban J connectivity index is 2.14. The lowest BCUT2D eigenvalue weighted by Crippen LogP contribution is -2.38. The molecule has 0 aliphatic rings. The number of hydrogen-bond acceptors (Lipinski definition) is 6. The van der Waals surface area contributed by atoms with Crippen LogP contribution in [0.3, 0.4) is 0 Å². The number of esters is 1. The van der Waals surface area contributed by atoms with Gasteiger partial charge in [0.1, 0.15) is 15.9 Å². The summed E-state index contributed by atoms with van der Waals surface area (Å²) in [6, 6.07) is 10.9. The summed E-state index contributed by atoms with van der Waals surface area (Å²) < 4.78 is 18.3. The van der Waals surface area contributed by atoms with E-state index in [1.807, 2.05) is 30.3 Å². The van der Waals surface area contributed by atoms with Crippen LogP contribution in [-0.4, -0.2) is 47.2 Å². The molecule has 1 atom stereocenters. The number of benzene rings is 1. The van der Waals surface area contributed by atoms with Gasteiger partial charge in [0.05, 0.1) is 25.9 Å². The van der Waals surface area contributed by atoms with Crippen molar-refractivity contribution < 1.29 is 23.8 Å². The van der Waals surface area contributed by atoms with Gasteiger partial charge >= 0.3 is 12.1 Å². The highest BCUT2D eigenvalue weighted by Crippen LogP contribution is 2.18. The Hall–Kier alpha value is -2.39. The van der Waals surface area contributed by atoms with E-state index < -0.39 is 23.7 Å². The summed E-state index contributed by atoms with van der Waals surface area (Å²) in [6.07, 6.45) is -0.556. The van der Waals surface area contributed by atoms with Gasteiger partial charge in [-0.3, -0.25) is 0 Å². The van der Waals surface area contributed by atoms with Crippen LogP contribution < -0.4 is 5.32 Å². The molecular formula is C21H28BrN3O5. The van der Waals surface area contributed by atoms with Crippen LogP contribution in [0.25, 0.3) is 0 Å². The Morgan fingerprint density at radius 3 is 2.57 bits per heavy atom. The summed E-state index contributed by atoms with van der Waals surface area (Å²) >= 11 is 3.30. The van der Waals surface area contributed by atoms with Gasteiger partial charge < -0.3 is 19.5 Å². The Labute approximate surface area is 185 Å². The number of rotatable bonds is 9. The predicted octanol–water partition coefficient (Wildman–Crippen LogP) is 4.10. The second-order valence-corrected chi connectivity index (χ2v) is 8.37. The van der Waals surface area contributed by atoms with Crippen LogP contribution in [0.5, 0.6) is 0 Å². The molecule has 0 saturated carbocycles. The number of halogens is 1. The first-order chi connectivity index (χ1) is 14.2. The van der Waals surface area contributed by atoms with Crippen molar-refractivity contribution in [3.05, 3.63) is 52.3 Å². The summed E-state index contributed by atoms with van der Waals surface area (Å²) in [5, 5.41) is 7.08. The van der Waals surface area contributed by atoms with Crippen LogP contribution in [0, 0.1) is 0 Å². The molecule has 1 N–H and O–H groups in total. The van der Waals surface area contributed by atoms with Crippen molar-refractivity contribution in [1.82, 2.24) is 15.1 Å². The molecule has 1 aromatic carbocycles. The third kappa shape index (κ3) is 7.79. The van der Waals surface area contributed by atoms with Gasteiger partial charge in [-0.15, -0.1) is 0 Å².